The molecule has 118 valence electrons. The number of aliphatic hydroxyl groups excluding tert-OH is 1. The first-order chi connectivity index (χ1) is 9.40. The number of aliphatic carboxylic acids is 1. The normalized spacial score (nSPS) is 12.8. The monoisotopic (exact) mass is 292 g/mol. The molecule has 0 aromatic rings. The fourth-order valence-corrected chi connectivity index (χ4v) is 1.80. The molecular weight excluding hydrogens is 268 g/mol. The van der Waals surface area contributed by atoms with Crippen LogP contribution in [-0.4, -0.2) is 84.2 Å². The summed E-state index contributed by atoms with van der Waals surface area (Å²) in [6.45, 7) is 2.30. The van der Waals surface area contributed by atoms with Gasteiger partial charge in [0.05, 0.1) is 26.4 Å². The largest absolute Gasteiger partial charge is 0.480 e. The van der Waals surface area contributed by atoms with Crippen LogP contribution in [0.3, 0.4) is 0 Å². The van der Waals surface area contributed by atoms with E-state index < -0.39 is 11.9 Å². The third kappa shape index (κ3) is 8.77. The first-order valence-electron chi connectivity index (χ1n) is 6.25. The van der Waals surface area contributed by atoms with Gasteiger partial charge in [0.1, 0.15) is 6.73 Å². The number of nitrogens with zero attached hydrogens (tertiary/aromatic N) is 2. The SMILES string of the molecule is C[C@@H](CN(CC(N)=O)CC(=O)O)N(CCO)COCN. The predicted octanol–water partition coefficient (Wildman–Crippen LogP) is -2.57. The van der Waals surface area contributed by atoms with Gasteiger partial charge in [0, 0.05) is 19.1 Å². The van der Waals surface area contributed by atoms with Gasteiger partial charge in [-0.2, -0.15) is 0 Å². The molecule has 0 heterocycles. The van der Waals surface area contributed by atoms with E-state index >= 15 is 0 Å². The lowest BCUT2D eigenvalue weighted by Crippen LogP contribution is -2.48. The van der Waals surface area contributed by atoms with Crippen LogP contribution in [0.4, 0.5) is 0 Å². The molecular formula is C11H24N4O5. The number of carbonyl (C=O) groups excluding carboxylic acids is 1. The molecule has 0 saturated carbocycles. The van der Waals surface area contributed by atoms with Gasteiger partial charge in [0.2, 0.25) is 5.91 Å². The number of aliphatic hydroxyl groups is 1. The average Bonchev–Trinajstić information content (AvgIpc) is 2.32. The summed E-state index contributed by atoms with van der Waals surface area (Å²) in [6.07, 6.45) is 0. The van der Waals surface area contributed by atoms with Crippen molar-refractivity contribution in [3.8, 4) is 0 Å². The Morgan fingerprint density at radius 1 is 1.35 bits per heavy atom. The van der Waals surface area contributed by atoms with Crippen LogP contribution < -0.4 is 11.5 Å². The van der Waals surface area contributed by atoms with Gasteiger partial charge in [0.15, 0.2) is 0 Å². The fourth-order valence-electron chi connectivity index (χ4n) is 1.80. The summed E-state index contributed by atoms with van der Waals surface area (Å²) in [7, 11) is 0. The molecule has 0 aliphatic heterocycles. The Bertz CT molecular complexity index is 287. The van der Waals surface area contributed by atoms with Crippen molar-refractivity contribution in [2.45, 2.75) is 13.0 Å². The van der Waals surface area contributed by atoms with Gasteiger partial charge >= 0.3 is 5.97 Å². The van der Waals surface area contributed by atoms with Gasteiger partial charge in [-0.15, -0.1) is 0 Å². The average molecular weight is 292 g/mol. The molecule has 0 saturated heterocycles. The minimum absolute atomic E-state index is 0.0504. The highest BCUT2D eigenvalue weighted by molar-refractivity contribution is 5.77. The molecule has 0 bridgehead atoms. The molecule has 0 aliphatic carbocycles. The molecule has 20 heavy (non-hydrogen) atoms. The number of rotatable bonds is 12. The van der Waals surface area contributed by atoms with E-state index in [0.29, 0.717) is 13.1 Å². The Hall–Kier alpha value is -1.26. The summed E-state index contributed by atoms with van der Waals surface area (Å²) in [5.41, 5.74) is 10.3. The quantitative estimate of drug-likeness (QED) is 0.287. The zero-order chi connectivity index (χ0) is 15.5. The second-order valence-electron chi connectivity index (χ2n) is 4.41. The Balaban J connectivity index is 4.53. The van der Waals surface area contributed by atoms with Crippen LogP contribution in [0, 0.1) is 0 Å². The van der Waals surface area contributed by atoms with Crippen molar-refractivity contribution in [1.82, 2.24) is 9.80 Å². The Labute approximate surface area is 118 Å². The lowest BCUT2D eigenvalue weighted by atomic mass is 10.2. The van der Waals surface area contributed by atoms with Gasteiger partial charge in [-0.1, -0.05) is 0 Å². The minimum atomic E-state index is -1.04. The third-order valence-electron chi connectivity index (χ3n) is 2.65. The summed E-state index contributed by atoms with van der Waals surface area (Å²) in [6, 6.07) is -0.132. The molecule has 0 aromatic carbocycles. The zero-order valence-corrected chi connectivity index (χ0v) is 11.7. The van der Waals surface area contributed by atoms with E-state index in [4.69, 9.17) is 26.4 Å². The van der Waals surface area contributed by atoms with Crippen LogP contribution in [-0.2, 0) is 14.3 Å². The Kier molecular flexibility index (Phi) is 9.86. The van der Waals surface area contributed by atoms with Crippen LogP contribution in [0.15, 0.2) is 0 Å². The first kappa shape index (κ1) is 18.7. The van der Waals surface area contributed by atoms with E-state index in [0.717, 1.165) is 0 Å². The Morgan fingerprint density at radius 3 is 2.45 bits per heavy atom. The zero-order valence-electron chi connectivity index (χ0n) is 11.7. The molecule has 0 rings (SSSR count). The summed E-state index contributed by atoms with van der Waals surface area (Å²) < 4.78 is 5.08. The number of carboxylic acid groups (broad SMARTS) is 1. The number of primary amides is 1. The molecule has 0 aliphatic rings. The van der Waals surface area contributed by atoms with E-state index in [2.05, 4.69) is 0 Å². The maximum atomic E-state index is 10.9. The van der Waals surface area contributed by atoms with E-state index in [9.17, 15) is 9.59 Å². The van der Waals surface area contributed by atoms with E-state index in [1.54, 1.807) is 4.90 Å². The van der Waals surface area contributed by atoms with Gasteiger partial charge in [-0.3, -0.25) is 19.4 Å². The molecule has 0 fully saturated rings. The Morgan fingerprint density at radius 2 is 2.00 bits per heavy atom. The van der Waals surface area contributed by atoms with E-state index in [1.807, 2.05) is 6.92 Å². The highest BCUT2D eigenvalue weighted by Gasteiger charge is 2.20. The third-order valence-corrected chi connectivity index (χ3v) is 2.65. The molecule has 6 N–H and O–H groups in total. The number of ether oxygens (including phenoxy) is 1. The second kappa shape index (κ2) is 10.5. The second-order valence-corrected chi connectivity index (χ2v) is 4.41. The number of hydrogen-bond acceptors (Lipinski definition) is 7. The van der Waals surface area contributed by atoms with Gasteiger partial charge < -0.3 is 26.4 Å². The van der Waals surface area contributed by atoms with Crippen LogP contribution in [0.25, 0.3) is 0 Å². The van der Waals surface area contributed by atoms with Crippen LogP contribution in [0.2, 0.25) is 0 Å². The van der Waals surface area contributed by atoms with Crippen molar-refractivity contribution >= 4 is 11.9 Å². The van der Waals surface area contributed by atoms with Crippen LogP contribution in [0.5, 0.6) is 0 Å². The molecule has 9 heteroatoms. The van der Waals surface area contributed by atoms with Gasteiger partial charge in [-0.25, -0.2) is 0 Å². The number of hydrogen-bond donors (Lipinski definition) is 4. The molecule has 0 aromatic heterocycles. The van der Waals surface area contributed by atoms with Crippen molar-refractivity contribution in [1.29, 1.82) is 0 Å². The number of nitrogens with two attached hydrogens (primary N) is 2. The smallest absolute Gasteiger partial charge is 0.317 e. The van der Waals surface area contributed by atoms with Crippen LogP contribution >= 0.6 is 0 Å². The molecule has 0 spiro atoms. The minimum Gasteiger partial charge on any atom is -0.480 e. The first-order valence-corrected chi connectivity index (χ1v) is 6.25. The molecule has 9 nitrogen and oxygen atoms in total. The van der Waals surface area contributed by atoms with Crippen molar-refractivity contribution in [2.24, 2.45) is 11.5 Å². The molecule has 1 amide bonds. The predicted molar refractivity (Wildman–Crippen MR) is 71.5 cm³/mol. The van der Waals surface area contributed by atoms with Gasteiger partial charge in [0.25, 0.3) is 0 Å². The van der Waals surface area contributed by atoms with Crippen molar-refractivity contribution in [3.05, 3.63) is 0 Å². The van der Waals surface area contributed by atoms with Crippen molar-refractivity contribution in [3.63, 3.8) is 0 Å². The van der Waals surface area contributed by atoms with Crippen molar-refractivity contribution in [2.75, 3.05) is 46.2 Å². The van der Waals surface area contributed by atoms with Crippen LogP contribution in [0.1, 0.15) is 6.92 Å². The highest BCUT2D eigenvalue weighted by Crippen LogP contribution is 2.02. The van der Waals surface area contributed by atoms with E-state index in [1.165, 1.54) is 4.90 Å². The van der Waals surface area contributed by atoms with Crippen molar-refractivity contribution < 1.29 is 24.5 Å². The maximum absolute atomic E-state index is 10.9. The van der Waals surface area contributed by atoms with E-state index in [-0.39, 0.29) is 39.2 Å². The number of carbonyl (C=O) groups is 2. The summed E-state index contributed by atoms with van der Waals surface area (Å²) >= 11 is 0. The molecule has 0 unspecified atom stereocenters. The lowest BCUT2D eigenvalue weighted by molar-refractivity contribution is -0.138. The fraction of sp³-hybridized carbons (Fsp3) is 0.818. The molecule has 0 radical (unpaired) electrons. The summed E-state index contributed by atoms with van der Waals surface area (Å²) in [5.74, 6) is -1.63. The number of carboxylic acids is 1. The topological polar surface area (TPSA) is 142 Å². The number of amides is 1. The summed E-state index contributed by atoms with van der Waals surface area (Å²) in [5, 5.41) is 17.8. The summed E-state index contributed by atoms with van der Waals surface area (Å²) in [4.78, 5) is 24.9. The molecule has 1 atom stereocenters. The van der Waals surface area contributed by atoms with Gasteiger partial charge in [-0.05, 0) is 6.92 Å². The highest BCUT2D eigenvalue weighted by atomic mass is 16.5. The maximum Gasteiger partial charge on any atom is 0.317 e. The standard InChI is InChI=1S/C11H24N4O5/c1-9(15(2-3-16)8-20-7-12)4-14(5-10(13)17)6-11(18)19/h9,16H,2-8,12H2,1H3,(H2,13,17)(H,18,19)/t9-/m0/s1. The lowest BCUT2D eigenvalue weighted by Gasteiger charge is -2.31.